The second kappa shape index (κ2) is 8.87. The van der Waals surface area contributed by atoms with Crippen LogP contribution in [0.5, 0.6) is 0 Å². The van der Waals surface area contributed by atoms with E-state index in [4.69, 9.17) is 4.74 Å². The molecule has 1 aromatic carbocycles. The Labute approximate surface area is 166 Å². The molecule has 3 N–H and O–H groups in total. The van der Waals surface area contributed by atoms with E-state index >= 15 is 0 Å². The maximum absolute atomic E-state index is 12.8. The SMILES string of the molecule is CCNNC(=O)C1NC2C=CC(c3ccccc3)=CN2C1CN1CCOCC1. The third kappa shape index (κ3) is 4.12. The van der Waals surface area contributed by atoms with E-state index in [1.165, 1.54) is 11.1 Å². The predicted octanol–water partition coefficient (Wildman–Crippen LogP) is 0.539. The lowest BCUT2D eigenvalue weighted by Crippen LogP contribution is -2.55. The molecule has 0 aliphatic carbocycles. The number of morpholine rings is 1. The van der Waals surface area contributed by atoms with Crippen molar-refractivity contribution >= 4 is 11.5 Å². The minimum Gasteiger partial charge on any atom is -0.379 e. The van der Waals surface area contributed by atoms with Crippen LogP contribution in [0, 0.1) is 0 Å². The van der Waals surface area contributed by atoms with Crippen molar-refractivity contribution in [2.75, 3.05) is 39.4 Å². The Morgan fingerprint density at radius 2 is 2.04 bits per heavy atom. The number of rotatable bonds is 6. The Bertz CT molecular complexity index is 730. The Hall–Kier alpha value is -2.19. The van der Waals surface area contributed by atoms with Crippen LogP contribution in [0.1, 0.15) is 12.5 Å². The molecular weight excluding hydrogens is 354 g/mol. The van der Waals surface area contributed by atoms with Gasteiger partial charge in [0.25, 0.3) is 5.91 Å². The number of nitrogens with zero attached hydrogens (tertiary/aromatic N) is 2. The smallest absolute Gasteiger partial charge is 0.253 e. The lowest BCUT2D eigenvalue weighted by atomic mass is 10.0. The van der Waals surface area contributed by atoms with E-state index in [0.29, 0.717) is 6.54 Å². The summed E-state index contributed by atoms with van der Waals surface area (Å²) in [6, 6.07) is 10.1. The van der Waals surface area contributed by atoms with E-state index in [1.807, 2.05) is 13.0 Å². The minimum atomic E-state index is -0.289. The van der Waals surface area contributed by atoms with E-state index < -0.39 is 0 Å². The second-order valence-electron chi connectivity index (χ2n) is 7.35. The number of ether oxygens (including phenoxy) is 1. The molecule has 0 spiro atoms. The van der Waals surface area contributed by atoms with E-state index in [2.05, 4.69) is 68.6 Å². The van der Waals surface area contributed by atoms with E-state index in [1.54, 1.807) is 0 Å². The van der Waals surface area contributed by atoms with Crippen molar-refractivity contribution in [3.8, 4) is 0 Å². The van der Waals surface area contributed by atoms with Gasteiger partial charge in [0.1, 0.15) is 6.04 Å². The Kier molecular flexibility index (Phi) is 6.07. The van der Waals surface area contributed by atoms with Gasteiger partial charge in [-0.15, -0.1) is 0 Å². The molecule has 3 heterocycles. The number of hydrogen-bond donors (Lipinski definition) is 3. The summed E-state index contributed by atoms with van der Waals surface area (Å²) in [4.78, 5) is 17.5. The largest absolute Gasteiger partial charge is 0.379 e. The quantitative estimate of drug-likeness (QED) is 0.623. The normalized spacial score (nSPS) is 27.4. The molecule has 0 radical (unpaired) electrons. The highest BCUT2D eigenvalue weighted by Crippen LogP contribution is 2.29. The number of fused-ring (bicyclic) bond motifs is 1. The molecule has 7 nitrogen and oxygen atoms in total. The van der Waals surface area contributed by atoms with Crippen LogP contribution in [-0.4, -0.2) is 73.3 Å². The zero-order chi connectivity index (χ0) is 19.3. The zero-order valence-corrected chi connectivity index (χ0v) is 16.3. The molecule has 3 aliphatic heterocycles. The van der Waals surface area contributed by atoms with Crippen molar-refractivity contribution in [1.29, 1.82) is 0 Å². The number of hydrazine groups is 1. The average Bonchev–Trinajstić information content (AvgIpc) is 3.11. The van der Waals surface area contributed by atoms with Crippen molar-refractivity contribution in [1.82, 2.24) is 26.0 Å². The Morgan fingerprint density at radius 1 is 1.25 bits per heavy atom. The molecule has 1 amide bonds. The highest BCUT2D eigenvalue weighted by Gasteiger charge is 2.43. The molecule has 0 aromatic heterocycles. The molecule has 2 fully saturated rings. The Balaban J connectivity index is 1.57. The number of allylic oxidation sites excluding steroid dienone is 2. The van der Waals surface area contributed by atoms with Gasteiger partial charge in [0, 0.05) is 32.4 Å². The maximum Gasteiger partial charge on any atom is 0.253 e. The number of carbonyl (C=O) groups is 1. The lowest BCUT2D eigenvalue weighted by Gasteiger charge is -2.35. The van der Waals surface area contributed by atoms with Gasteiger partial charge in [-0.1, -0.05) is 43.3 Å². The van der Waals surface area contributed by atoms with E-state index in [0.717, 1.165) is 32.8 Å². The lowest BCUT2D eigenvalue weighted by molar-refractivity contribution is -0.124. The van der Waals surface area contributed by atoms with Crippen LogP contribution in [-0.2, 0) is 9.53 Å². The van der Waals surface area contributed by atoms with Gasteiger partial charge in [0.15, 0.2) is 0 Å². The summed E-state index contributed by atoms with van der Waals surface area (Å²) < 4.78 is 5.49. The molecular formula is C21H29N5O2. The Morgan fingerprint density at radius 3 is 2.79 bits per heavy atom. The zero-order valence-electron chi connectivity index (χ0n) is 16.3. The van der Waals surface area contributed by atoms with Gasteiger partial charge >= 0.3 is 0 Å². The third-order valence-electron chi connectivity index (χ3n) is 5.51. The predicted molar refractivity (Wildman–Crippen MR) is 109 cm³/mol. The summed E-state index contributed by atoms with van der Waals surface area (Å²) in [5.41, 5.74) is 8.12. The molecule has 28 heavy (non-hydrogen) atoms. The first-order valence-corrected chi connectivity index (χ1v) is 10.1. The standard InChI is InChI=1S/C21H29N5O2/c1-2-22-24-21(27)20-18(15-25-10-12-28-13-11-25)26-14-17(8-9-19(26)23-20)16-6-4-3-5-7-16/h3-9,14,18-20,22-23H,2,10-13,15H2,1H3,(H,24,27). The number of benzene rings is 1. The van der Waals surface area contributed by atoms with Crippen molar-refractivity contribution in [2.45, 2.75) is 25.2 Å². The first kappa shape index (κ1) is 19.1. The number of amides is 1. The van der Waals surface area contributed by atoms with Crippen LogP contribution < -0.4 is 16.2 Å². The summed E-state index contributed by atoms with van der Waals surface area (Å²) >= 11 is 0. The summed E-state index contributed by atoms with van der Waals surface area (Å²) in [7, 11) is 0. The van der Waals surface area contributed by atoms with Crippen LogP contribution in [0.2, 0.25) is 0 Å². The van der Waals surface area contributed by atoms with Gasteiger partial charge in [0.05, 0.1) is 25.4 Å². The molecule has 2 saturated heterocycles. The van der Waals surface area contributed by atoms with Crippen LogP contribution in [0.3, 0.4) is 0 Å². The minimum absolute atomic E-state index is 0.0161. The van der Waals surface area contributed by atoms with Gasteiger partial charge in [0.2, 0.25) is 0 Å². The fourth-order valence-corrected chi connectivity index (χ4v) is 4.04. The topological polar surface area (TPSA) is 68.9 Å². The van der Waals surface area contributed by atoms with Crippen molar-refractivity contribution in [3.63, 3.8) is 0 Å². The van der Waals surface area contributed by atoms with Crippen LogP contribution in [0.4, 0.5) is 0 Å². The average molecular weight is 383 g/mol. The molecule has 0 saturated carbocycles. The molecule has 4 rings (SSSR count). The fourth-order valence-electron chi connectivity index (χ4n) is 4.04. The molecule has 3 atom stereocenters. The summed E-state index contributed by atoms with van der Waals surface area (Å²) in [5, 5.41) is 3.50. The van der Waals surface area contributed by atoms with E-state index in [9.17, 15) is 4.79 Å². The van der Waals surface area contributed by atoms with Gasteiger partial charge in [-0.05, 0) is 17.2 Å². The monoisotopic (exact) mass is 383 g/mol. The highest BCUT2D eigenvalue weighted by molar-refractivity contribution is 5.83. The fraction of sp³-hybridized carbons (Fsp3) is 0.476. The van der Waals surface area contributed by atoms with Crippen LogP contribution in [0.25, 0.3) is 5.57 Å². The number of hydrogen-bond acceptors (Lipinski definition) is 6. The molecule has 150 valence electrons. The third-order valence-corrected chi connectivity index (χ3v) is 5.51. The molecule has 3 unspecified atom stereocenters. The number of nitrogens with one attached hydrogen (secondary N) is 3. The van der Waals surface area contributed by atoms with Gasteiger partial charge < -0.3 is 9.64 Å². The first-order valence-electron chi connectivity index (χ1n) is 10.1. The molecule has 3 aliphatic rings. The first-order chi connectivity index (χ1) is 13.8. The van der Waals surface area contributed by atoms with Gasteiger partial charge in [-0.2, -0.15) is 0 Å². The second-order valence-corrected chi connectivity index (χ2v) is 7.35. The van der Waals surface area contributed by atoms with Crippen molar-refractivity contribution in [2.24, 2.45) is 0 Å². The van der Waals surface area contributed by atoms with E-state index in [-0.39, 0.29) is 24.2 Å². The van der Waals surface area contributed by atoms with Gasteiger partial charge in [-0.3, -0.25) is 20.4 Å². The molecule has 1 aromatic rings. The molecule has 7 heteroatoms. The maximum atomic E-state index is 12.8. The highest BCUT2D eigenvalue weighted by atomic mass is 16.5. The van der Waals surface area contributed by atoms with Crippen molar-refractivity contribution < 1.29 is 9.53 Å². The summed E-state index contributed by atoms with van der Waals surface area (Å²) in [6.07, 6.45) is 6.50. The van der Waals surface area contributed by atoms with Crippen LogP contribution >= 0.6 is 0 Å². The summed E-state index contributed by atoms with van der Waals surface area (Å²) in [6.45, 7) is 6.80. The molecule has 0 bridgehead atoms. The number of carbonyl (C=O) groups excluding carboxylic acids is 1. The van der Waals surface area contributed by atoms with Gasteiger partial charge in [-0.25, -0.2) is 5.43 Å². The van der Waals surface area contributed by atoms with Crippen molar-refractivity contribution in [3.05, 3.63) is 54.2 Å². The summed E-state index contributed by atoms with van der Waals surface area (Å²) in [5.74, 6) is -0.0161. The van der Waals surface area contributed by atoms with Crippen LogP contribution in [0.15, 0.2) is 48.7 Å².